The Morgan fingerprint density at radius 3 is 1.72 bits per heavy atom. The van der Waals surface area contributed by atoms with Crippen molar-refractivity contribution in [1.29, 1.82) is 0 Å². The molecule has 4 nitrogen and oxygen atoms in total. The molecule has 0 spiro atoms. The van der Waals surface area contributed by atoms with Gasteiger partial charge in [-0.15, -0.1) is 11.3 Å². The molecule has 0 saturated heterocycles. The third-order valence-corrected chi connectivity index (χ3v) is 10.6. The quantitative estimate of drug-likeness (QED) is 0.185. The van der Waals surface area contributed by atoms with Gasteiger partial charge in [0.1, 0.15) is 11.2 Å². The molecule has 7 aromatic carbocycles. The van der Waals surface area contributed by atoms with E-state index in [9.17, 15) is 0 Å². The predicted molar refractivity (Wildman–Crippen MR) is 207 cm³/mol. The van der Waals surface area contributed by atoms with Crippen LogP contribution in [0.25, 0.3) is 98.5 Å². The molecule has 0 aliphatic heterocycles. The number of rotatable bonds is 5. The summed E-state index contributed by atoms with van der Waals surface area (Å²) in [6, 6.07) is 56.9. The Morgan fingerprint density at radius 2 is 0.920 bits per heavy atom. The Hall–Kier alpha value is -6.43. The number of fused-ring (bicyclic) bond motifs is 6. The molecule has 0 unspecified atom stereocenters. The average Bonchev–Trinajstić information content (AvgIpc) is 3.76. The molecular formula is C45H27N3OS. The van der Waals surface area contributed by atoms with Crippen molar-refractivity contribution in [2.45, 2.75) is 0 Å². The zero-order chi connectivity index (χ0) is 33.0. The first-order valence-electron chi connectivity index (χ1n) is 16.6. The second-order valence-corrected chi connectivity index (χ2v) is 13.5. The fourth-order valence-electron chi connectivity index (χ4n) is 6.84. The van der Waals surface area contributed by atoms with Crippen molar-refractivity contribution in [2.24, 2.45) is 0 Å². The minimum atomic E-state index is 0.637. The van der Waals surface area contributed by atoms with E-state index in [4.69, 9.17) is 19.4 Å². The number of aromatic nitrogens is 3. The summed E-state index contributed by atoms with van der Waals surface area (Å²) in [5.41, 5.74) is 9.27. The molecule has 50 heavy (non-hydrogen) atoms. The first-order chi connectivity index (χ1) is 24.7. The van der Waals surface area contributed by atoms with Gasteiger partial charge < -0.3 is 4.42 Å². The van der Waals surface area contributed by atoms with Crippen LogP contribution in [0, 0.1) is 0 Å². The van der Waals surface area contributed by atoms with Crippen molar-refractivity contribution in [3.63, 3.8) is 0 Å². The summed E-state index contributed by atoms with van der Waals surface area (Å²) in [4.78, 5) is 15.2. The molecule has 0 atom stereocenters. The molecule has 0 aliphatic carbocycles. The third kappa shape index (κ3) is 4.87. The van der Waals surface area contributed by atoms with Crippen LogP contribution in [0.2, 0.25) is 0 Å². The number of nitrogens with zero attached hydrogens (tertiary/aromatic N) is 3. The van der Waals surface area contributed by atoms with Gasteiger partial charge in [-0.3, -0.25) is 0 Å². The monoisotopic (exact) mass is 657 g/mol. The van der Waals surface area contributed by atoms with Crippen LogP contribution in [0.15, 0.2) is 168 Å². The van der Waals surface area contributed by atoms with E-state index >= 15 is 0 Å². The van der Waals surface area contributed by atoms with Crippen LogP contribution < -0.4 is 0 Å². The lowest BCUT2D eigenvalue weighted by Gasteiger charge is -2.10. The summed E-state index contributed by atoms with van der Waals surface area (Å²) in [7, 11) is 0. The highest BCUT2D eigenvalue weighted by atomic mass is 32.1. The largest absolute Gasteiger partial charge is 0.456 e. The Morgan fingerprint density at radius 1 is 0.360 bits per heavy atom. The van der Waals surface area contributed by atoms with Gasteiger partial charge in [0.25, 0.3) is 0 Å². The summed E-state index contributed by atoms with van der Waals surface area (Å²) >= 11 is 1.78. The highest BCUT2D eigenvalue weighted by Crippen LogP contribution is 2.41. The van der Waals surface area contributed by atoms with Gasteiger partial charge in [-0.1, -0.05) is 127 Å². The fourth-order valence-corrected chi connectivity index (χ4v) is 8.04. The third-order valence-electron chi connectivity index (χ3n) is 9.37. The lowest BCUT2D eigenvalue weighted by molar-refractivity contribution is 0.669. The van der Waals surface area contributed by atoms with Crippen molar-refractivity contribution >= 4 is 53.4 Å². The van der Waals surface area contributed by atoms with E-state index in [0.717, 1.165) is 49.8 Å². The van der Waals surface area contributed by atoms with E-state index in [1.165, 1.54) is 31.3 Å². The molecule has 3 heterocycles. The number of hydrogen-bond acceptors (Lipinski definition) is 5. The standard InChI is InChI=1S/C45H27N3OS/c1-3-10-28(11-4-1)32-23-25-41-38(26-32)36-15-9-16-37(42(36)50-41)45-47-43(30-12-5-2-6-13-30)46-44(48-45)31-20-18-29(19-21-31)33-22-24-35-34-14-7-8-17-39(34)49-40(35)27-33/h1-27H. The van der Waals surface area contributed by atoms with Crippen molar-refractivity contribution in [1.82, 2.24) is 15.0 Å². The summed E-state index contributed by atoms with van der Waals surface area (Å²) in [5, 5.41) is 4.70. The van der Waals surface area contributed by atoms with Gasteiger partial charge in [-0.25, -0.2) is 15.0 Å². The Kier molecular flexibility index (Phi) is 6.64. The molecule has 0 N–H and O–H groups in total. The molecule has 0 bridgehead atoms. The van der Waals surface area contributed by atoms with E-state index in [-0.39, 0.29) is 0 Å². The van der Waals surface area contributed by atoms with Gasteiger partial charge in [0.2, 0.25) is 0 Å². The average molecular weight is 658 g/mol. The van der Waals surface area contributed by atoms with Crippen molar-refractivity contribution in [2.75, 3.05) is 0 Å². The second-order valence-electron chi connectivity index (χ2n) is 12.4. The molecule has 0 saturated carbocycles. The normalized spacial score (nSPS) is 11.6. The van der Waals surface area contributed by atoms with Crippen LogP contribution in [0.5, 0.6) is 0 Å². The number of hydrogen-bond donors (Lipinski definition) is 0. The van der Waals surface area contributed by atoms with E-state index in [0.29, 0.717) is 17.5 Å². The molecule has 10 aromatic rings. The van der Waals surface area contributed by atoms with Gasteiger partial charge in [0, 0.05) is 47.6 Å². The molecule has 0 radical (unpaired) electrons. The number of furan rings is 1. The predicted octanol–water partition coefficient (Wildman–Crippen LogP) is 12.5. The molecule has 3 aromatic heterocycles. The molecular weight excluding hydrogens is 631 g/mol. The summed E-state index contributed by atoms with van der Waals surface area (Å²) in [6.07, 6.45) is 0. The van der Waals surface area contributed by atoms with Crippen LogP contribution in [0.3, 0.4) is 0 Å². The molecule has 0 aliphatic rings. The first-order valence-corrected chi connectivity index (χ1v) is 17.4. The van der Waals surface area contributed by atoms with Crippen LogP contribution in [-0.2, 0) is 0 Å². The Labute approximate surface area is 292 Å². The summed E-state index contributed by atoms with van der Waals surface area (Å²) in [6.45, 7) is 0. The van der Waals surface area contributed by atoms with Crippen molar-refractivity contribution in [3.05, 3.63) is 164 Å². The SMILES string of the molecule is c1ccc(-c2ccc3sc4c(-c5nc(-c6ccccc6)nc(-c6ccc(-c7ccc8c(c7)oc7ccccc78)cc6)n5)cccc4c3c2)cc1. The van der Waals surface area contributed by atoms with E-state index in [1.54, 1.807) is 11.3 Å². The van der Waals surface area contributed by atoms with Crippen LogP contribution in [-0.4, -0.2) is 15.0 Å². The van der Waals surface area contributed by atoms with Gasteiger partial charge in [0.15, 0.2) is 17.5 Å². The highest BCUT2D eigenvalue weighted by Gasteiger charge is 2.17. The fraction of sp³-hybridized carbons (Fsp3) is 0. The molecule has 0 amide bonds. The zero-order valence-corrected chi connectivity index (χ0v) is 27.6. The number of para-hydroxylation sites is 1. The Bertz CT molecular complexity index is 2860. The number of thiophene rings is 1. The Balaban J connectivity index is 1.08. The summed E-state index contributed by atoms with van der Waals surface area (Å²) in [5.74, 6) is 1.95. The van der Waals surface area contributed by atoms with E-state index in [2.05, 4.69) is 115 Å². The highest BCUT2D eigenvalue weighted by molar-refractivity contribution is 7.26. The maximum atomic E-state index is 6.17. The van der Waals surface area contributed by atoms with E-state index < -0.39 is 0 Å². The minimum Gasteiger partial charge on any atom is -0.456 e. The van der Waals surface area contributed by atoms with Gasteiger partial charge >= 0.3 is 0 Å². The van der Waals surface area contributed by atoms with Gasteiger partial charge in [-0.2, -0.15) is 0 Å². The lowest BCUT2D eigenvalue weighted by atomic mass is 10.0. The van der Waals surface area contributed by atoms with Gasteiger partial charge in [-0.05, 0) is 58.7 Å². The molecule has 234 valence electrons. The van der Waals surface area contributed by atoms with Crippen LogP contribution in [0.1, 0.15) is 0 Å². The smallest absolute Gasteiger partial charge is 0.165 e. The molecule has 5 heteroatoms. The van der Waals surface area contributed by atoms with Crippen molar-refractivity contribution in [3.8, 4) is 56.4 Å². The topological polar surface area (TPSA) is 51.8 Å². The van der Waals surface area contributed by atoms with Crippen LogP contribution >= 0.6 is 11.3 Å². The van der Waals surface area contributed by atoms with Gasteiger partial charge in [0.05, 0.1) is 0 Å². The first kappa shape index (κ1) is 28.6. The minimum absolute atomic E-state index is 0.637. The zero-order valence-electron chi connectivity index (χ0n) is 26.7. The second kappa shape index (κ2) is 11.6. The molecule has 10 rings (SSSR count). The maximum Gasteiger partial charge on any atom is 0.165 e. The number of benzene rings is 7. The lowest BCUT2D eigenvalue weighted by Crippen LogP contribution is -2.00. The maximum absolute atomic E-state index is 6.17. The van der Waals surface area contributed by atoms with E-state index in [1.807, 2.05) is 48.5 Å². The van der Waals surface area contributed by atoms with Crippen LogP contribution in [0.4, 0.5) is 0 Å². The molecule has 0 fully saturated rings. The summed E-state index contributed by atoms with van der Waals surface area (Å²) < 4.78 is 8.57. The van der Waals surface area contributed by atoms with Crippen molar-refractivity contribution < 1.29 is 4.42 Å².